The predicted molar refractivity (Wildman–Crippen MR) is 112 cm³/mol. The van der Waals surface area contributed by atoms with Gasteiger partial charge in [-0.25, -0.2) is 4.79 Å². The monoisotopic (exact) mass is 389 g/mol. The Morgan fingerprint density at radius 2 is 1.71 bits per heavy atom. The standard InChI is InChI=1S/C22H35N3O3/c1-16(2)14-23-21(27)25-20(26)17(3)24-15-22(12-6-5-7-13-22)18-8-10-19(28-4)11-9-18/h8-11,16-17,24H,5-7,12-15H2,1-4H3,(H2,23,25,26,27). The molecule has 1 aromatic carbocycles. The maximum atomic E-state index is 12.3. The number of carbonyl (C=O) groups excluding carboxylic acids is 2. The van der Waals surface area contributed by atoms with Crippen molar-refractivity contribution >= 4 is 11.9 Å². The molecule has 1 fully saturated rings. The number of methoxy groups -OCH3 is 1. The Kier molecular flexibility index (Phi) is 8.30. The number of ether oxygens (including phenoxy) is 1. The van der Waals surface area contributed by atoms with Gasteiger partial charge in [-0.15, -0.1) is 0 Å². The zero-order valence-corrected chi connectivity index (χ0v) is 17.6. The molecule has 0 saturated heterocycles. The molecule has 2 rings (SSSR count). The van der Waals surface area contributed by atoms with E-state index in [1.54, 1.807) is 14.0 Å². The van der Waals surface area contributed by atoms with Crippen LogP contribution in [-0.2, 0) is 10.2 Å². The molecule has 156 valence electrons. The van der Waals surface area contributed by atoms with Crippen LogP contribution < -0.4 is 20.7 Å². The van der Waals surface area contributed by atoms with Gasteiger partial charge in [0.2, 0.25) is 5.91 Å². The number of urea groups is 1. The minimum absolute atomic E-state index is 0.0129. The summed E-state index contributed by atoms with van der Waals surface area (Å²) in [6.07, 6.45) is 5.81. The highest BCUT2D eigenvalue weighted by molar-refractivity contribution is 5.96. The summed E-state index contributed by atoms with van der Waals surface area (Å²) < 4.78 is 5.28. The fourth-order valence-electron chi connectivity index (χ4n) is 3.74. The van der Waals surface area contributed by atoms with Gasteiger partial charge in [-0.1, -0.05) is 45.2 Å². The van der Waals surface area contributed by atoms with E-state index in [0.717, 1.165) is 18.6 Å². The highest BCUT2D eigenvalue weighted by Gasteiger charge is 2.34. The Bertz CT molecular complexity index is 637. The number of carbonyl (C=O) groups is 2. The number of nitrogens with one attached hydrogen (secondary N) is 3. The van der Waals surface area contributed by atoms with Gasteiger partial charge in [-0.05, 0) is 43.4 Å². The van der Waals surface area contributed by atoms with Gasteiger partial charge >= 0.3 is 6.03 Å². The van der Waals surface area contributed by atoms with E-state index in [4.69, 9.17) is 4.74 Å². The second kappa shape index (κ2) is 10.5. The molecule has 0 aliphatic heterocycles. The predicted octanol–water partition coefficient (Wildman–Crippen LogP) is 3.36. The van der Waals surface area contributed by atoms with Crippen LogP contribution in [0.5, 0.6) is 5.75 Å². The highest BCUT2D eigenvalue weighted by Crippen LogP contribution is 2.39. The number of hydrogen-bond donors (Lipinski definition) is 3. The largest absolute Gasteiger partial charge is 0.497 e. The summed E-state index contributed by atoms with van der Waals surface area (Å²) in [5.74, 6) is 0.886. The van der Waals surface area contributed by atoms with Crippen LogP contribution in [0.4, 0.5) is 4.79 Å². The van der Waals surface area contributed by atoms with E-state index >= 15 is 0 Å². The quantitative estimate of drug-likeness (QED) is 0.637. The molecule has 3 amide bonds. The van der Waals surface area contributed by atoms with E-state index in [-0.39, 0.29) is 11.3 Å². The van der Waals surface area contributed by atoms with Crippen LogP contribution in [0.25, 0.3) is 0 Å². The lowest BCUT2D eigenvalue weighted by atomic mass is 9.69. The van der Waals surface area contributed by atoms with Crippen molar-refractivity contribution in [3.8, 4) is 5.75 Å². The van der Waals surface area contributed by atoms with E-state index in [1.165, 1.54) is 24.8 Å². The van der Waals surface area contributed by atoms with Crippen LogP contribution in [0.15, 0.2) is 24.3 Å². The van der Waals surface area contributed by atoms with E-state index in [2.05, 4.69) is 28.1 Å². The molecule has 1 saturated carbocycles. The number of hydrogen-bond acceptors (Lipinski definition) is 4. The molecule has 1 aliphatic carbocycles. The fourth-order valence-corrected chi connectivity index (χ4v) is 3.74. The normalized spacial score (nSPS) is 17.0. The number of rotatable bonds is 8. The molecule has 6 nitrogen and oxygen atoms in total. The molecule has 0 bridgehead atoms. The van der Waals surface area contributed by atoms with Gasteiger partial charge < -0.3 is 15.4 Å². The lowest BCUT2D eigenvalue weighted by molar-refractivity contribution is -0.121. The first-order valence-electron chi connectivity index (χ1n) is 10.3. The average Bonchev–Trinajstić information content (AvgIpc) is 2.71. The van der Waals surface area contributed by atoms with Crippen LogP contribution in [-0.4, -0.2) is 38.2 Å². The number of benzene rings is 1. The zero-order valence-electron chi connectivity index (χ0n) is 17.6. The molecule has 0 heterocycles. The molecule has 0 aromatic heterocycles. The summed E-state index contributed by atoms with van der Waals surface area (Å²) in [5, 5.41) is 8.50. The van der Waals surface area contributed by atoms with Gasteiger partial charge in [0, 0.05) is 18.5 Å². The van der Waals surface area contributed by atoms with Crippen molar-refractivity contribution in [1.82, 2.24) is 16.0 Å². The molecule has 1 aromatic rings. The summed E-state index contributed by atoms with van der Waals surface area (Å²) >= 11 is 0. The van der Waals surface area contributed by atoms with Crippen molar-refractivity contribution in [2.24, 2.45) is 5.92 Å². The summed E-state index contributed by atoms with van der Waals surface area (Å²) in [4.78, 5) is 24.2. The van der Waals surface area contributed by atoms with Crippen LogP contribution >= 0.6 is 0 Å². The van der Waals surface area contributed by atoms with Gasteiger partial charge in [0.15, 0.2) is 0 Å². The molecule has 6 heteroatoms. The molecular weight excluding hydrogens is 354 g/mol. The maximum Gasteiger partial charge on any atom is 0.321 e. The second-order valence-electron chi connectivity index (χ2n) is 8.27. The third-order valence-electron chi connectivity index (χ3n) is 5.56. The van der Waals surface area contributed by atoms with Crippen molar-refractivity contribution in [2.45, 2.75) is 64.3 Å². The van der Waals surface area contributed by atoms with Gasteiger partial charge in [0.1, 0.15) is 5.75 Å². The summed E-state index contributed by atoms with van der Waals surface area (Å²) in [7, 11) is 1.67. The Morgan fingerprint density at radius 3 is 2.29 bits per heavy atom. The summed E-state index contributed by atoms with van der Waals surface area (Å²) in [6.45, 7) is 7.07. The first-order chi connectivity index (χ1) is 13.4. The molecule has 3 N–H and O–H groups in total. The lowest BCUT2D eigenvalue weighted by Gasteiger charge is -2.39. The Morgan fingerprint density at radius 1 is 1.07 bits per heavy atom. The van der Waals surface area contributed by atoms with Crippen LogP contribution in [0.1, 0.15) is 58.4 Å². The van der Waals surface area contributed by atoms with E-state index in [9.17, 15) is 9.59 Å². The average molecular weight is 390 g/mol. The molecule has 28 heavy (non-hydrogen) atoms. The fraction of sp³-hybridized carbons (Fsp3) is 0.636. The van der Waals surface area contributed by atoms with Crippen LogP contribution in [0.2, 0.25) is 0 Å². The summed E-state index contributed by atoms with van der Waals surface area (Å²) in [5.41, 5.74) is 1.29. The lowest BCUT2D eigenvalue weighted by Crippen LogP contribution is -2.51. The van der Waals surface area contributed by atoms with Gasteiger partial charge in [0.05, 0.1) is 13.2 Å². The Labute approximate surface area is 168 Å². The first kappa shape index (κ1) is 22.2. The molecular formula is C22H35N3O3. The van der Waals surface area contributed by atoms with Crippen molar-refractivity contribution < 1.29 is 14.3 Å². The van der Waals surface area contributed by atoms with Crippen molar-refractivity contribution in [2.75, 3.05) is 20.2 Å². The smallest absolute Gasteiger partial charge is 0.321 e. The van der Waals surface area contributed by atoms with Gasteiger partial charge in [-0.2, -0.15) is 0 Å². The molecule has 0 spiro atoms. The Hall–Kier alpha value is -2.08. The molecule has 0 radical (unpaired) electrons. The van der Waals surface area contributed by atoms with Gasteiger partial charge in [-0.3, -0.25) is 10.1 Å². The van der Waals surface area contributed by atoms with E-state index in [1.807, 2.05) is 26.0 Å². The van der Waals surface area contributed by atoms with E-state index < -0.39 is 12.1 Å². The van der Waals surface area contributed by atoms with E-state index in [0.29, 0.717) is 19.0 Å². The third-order valence-corrected chi connectivity index (χ3v) is 5.56. The van der Waals surface area contributed by atoms with Gasteiger partial charge in [0.25, 0.3) is 0 Å². The van der Waals surface area contributed by atoms with Crippen molar-refractivity contribution in [3.63, 3.8) is 0 Å². The van der Waals surface area contributed by atoms with Crippen molar-refractivity contribution in [1.29, 1.82) is 0 Å². The zero-order chi connectivity index (χ0) is 20.6. The van der Waals surface area contributed by atoms with Crippen LogP contribution in [0.3, 0.4) is 0 Å². The minimum atomic E-state index is -0.443. The molecule has 1 atom stereocenters. The number of imide groups is 1. The minimum Gasteiger partial charge on any atom is -0.497 e. The highest BCUT2D eigenvalue weighted by atomic mass is 16.5. The Balaban J connectivity index is 1.96. The molecule has 1 unspecified atom stereocenters. The first-order valence-corrected chi connectivity index (χ1v) is 10.3. The number of amides is 3. The second-order valence-corrected chi connectivity index (χ2v) is 8.27. The summed E-state index contributed by atoms with van der Waals surface area (Å²) in [6, 6.07) is 7.39. The molecule has 1 aliphatic rings. The van der Waals surface area contributed by atoms with Crippen LogP contribution in [0, 0.1) is 5.92 Å². The van der Waals surface area contributed by atoms with Crippen molar-refractivity contribution in [3.05, 3.63) is 29.8 Å². The SMILES string of the molecule is COc1ccc(C2(CNC(C)C(=O)NC(=O)NCC(C)C)CCCCC2)cc1. The topological polar surface area (TPSA) is 79.5 Å². The third kappa shape index (κ3) is 6.23. The maximum absolute atomic E-state index is 12.3.